The minimum Gasteiger partial charge on any atom is -0.371 e. The van der Waals surface area contributed by atoms with E-state index in [0.717, 1.165) is 12.2 Å². The van der Waals surface area contributed by atoms with Gasteiger partial charge in [-0.25, -0.2) is 9.37 Å². The van der Waals surface area contributed by atoms with Gasteiger partial charge in [0, 0.05) is 30.5 Å². The number of anilines is 1. The normalized spacial score (nSPS) is 17.5. The molecule has 25 heavy (non-hydrogen) atoms. The average molecular weight is 344 g/mol. The Labute approximate surface area is 145 Å². The van der Waals surface area contributed by atoms with Crippen molar-refractivity contribution in [2.75, 3.05) is 25.0 Å². The molecule has 1 atom stereocenters. The Kier molecular flexibility index (Phi) is 5.35. The highest BCUT2D eigenvalue weighted by molar-refractivity contribution is 6.02. The van der Waals surface area contributed by atoms with Crippen LogP contribution in [0.3, 0.4) is 0 Å². The highest BCUT2D eigenvalue weighted by atomic mass is 19.1. The van der Waals surface area contributed by atoms with Gasteiger partial charge in [0.1, 0.15) is 11.5 Å². The largest absolute Gasteiger partial charge is 0.371 e. The zero-order valence-corrected chi connectivity index (χ0v) is 14.3. The molecule has 1 aromatic heterocycles. The second kappa shape index (κ2) is 7.67. The quantitative estimate of drug-likeness (QED) is 0.892. The van der Waals surface area contributed by atoms with Crippen LogP contribution in [0.5, 0.6) is 0 Å². The molecule has 6 nitrogen and oxygen atoms in total. The maximum atomic E-state index is 14.4. The van der Waals surface area contributed by atoms with E-state index in [1.54, 1.807) is 18.3 Å². The van der Waals surface area contributed by atoms with Crippen molar-refractivity contribution < 1.29 is 13.9 Å². The zero-order valence-electron chi connectivity index (χ0n) is 14.3. The van der Waals surface area contributed by atoms with Gasteiger partial charge in [0.25, 0.3) is 5.91 Å². The summed E-state index contributed by atoms with van der Waals surface area (Å²) in [4.78, 5) is 20.6. The highest BCUT2D eigenvalue weighted by Gasteiger charge is 2.20. The van der Waals surface area contributed by atoms with Gasteiger partial charge in [-0.3, -0.25) is 9.78 Å². The highest BCUT2D eigenvalue weighted by Crippen LogP contribution is 2.24. The Balaban J connectivity index is 1.73. The molecular formula is C18H21FN4O2. The third kappa shape index (κ3) is 4.18. The van der Waals surface area contributed by atoms with Crippen molar-refractivity contribution in [1.82, 2.24) is 15.3 Å². The summed E-state index contributed by atoms with van der Waals surface area (Å²) in [6.45, 7) is 5.83. The standard InChI is InChI=1S/C18H21FN4O2/c1-11(2)15-8-21-9-16(23-15)18(24)22-12-3-4-13(14(19)7-12)17-10-20-5-6-25-17/h3-4,7-9,11,17,20H,5-6,10H2,1-2H3,(H,22,24). The molecular weight excluding hydrogens is 323 g/mol. The minimum atomic E-state index is -0.419. The maximum Gasteiger partial charge on any atom is 0.275 e. The third-order valence-corrected chi connectivity index (χ3v) is 4.01. The number of carbonyl (C=O) groups is 1. The first-order valence-corrected chi connectivity index (χ1v) is 8.29. The Morgan fingerprint density at radius 1 is 1.40 bits per heavy atom. The van der Waals surface area contributed by atoms with Crippen LogP contribution in [0.1, 0.15) is 47.6 Å². The molecule has 0 saturated carbocycles. The summed E-state index contributed by atoms with van der Waals surface area (Å²) in [7, 11) is 0. The van der Waals surface area contributed by atoms with Crippen molar-refractivity contribution in [2.45, 2.75) is 25.9 Å². The molecule has 0 bridgehead atoms. The van der Waals surface area contributed by atoms with E-state index in [4.69, 9.17) is 4.74 Å². The van der Waals surface area contributed by atoms with Gasteiger partial charge in [-0.15, -0.1) is 0 Å². The number of aromatic nitrogens is 2. The second-order valence-corrected chi connectivity index (χ2v) is 6.24. The lowest BCUT2D eigenvalue weighted by Crippen LogP contribution is -2.33. The van der Waals surface area contributed by atoms with Gasteiger partial charge >= 0.3 is 0 Å². The molecule has 1 unspecified atom stereocenters. The molecule has 1 aliphatic heterocycles. The minimum absolute atomic E-state index is 0.168. The summed E-state index contributed by atoms with van der Waals surface area (Å²) in [6, 6.07) is 4.60. The number of benzene rings is 1. The average Bonchev–Trinajstić information content (AvgIpc) is 2.62. The van der Waals surface area contributed by atoms with Gasteiger partial charge in [0.2, 0.25) is 0 Å². The predicted molar refractivity (Wildman–Crippen MR) is 92.0 cm³/mol. The third-order valence-electron chi connectivity index (χ3n) is 4.01. The van der Waals surface area contributed by atoms with E-state index in [-0.39, 0.29) is 17.7 Å². The van der Waals surface area contributed by atoms with Crippen LogP contribution in [0.25, 0.3) is 0 Å². The number of nitrogens with one attached hydrogen (secondary N) is 2. The molecule has 1 aromatic carbocycles. The monoisotopic (exact) mass is 344 g/mol. The molecule has 2 heterocycles. The first-order valence-electron chi connectivity index (χ1n) is 8.29. The summed E-state index contributed by atoms with van der Waals surface area (Å²) in [5.41, 5.74) is 1.78. The summed E-state index contributed by atoms with van der Waals surface area (Å²) in [5, 5.41) is 5.82. The lowest BCUT2D eigenvalue weighted by atomic mass is 10.1. The summed E-state index contributed by atoms with van der Waals surface area (Å²) >= 11 is 0. The molecule has 0 spiro atoms. The second-order valence-electron chi connectivity index (χ2n) is 6.24. The molecule has 1 fully saturated rings. The summed E-state index contributed by atoms with van der Waals surface area (Å²) in [5.74, 6) is -0.660. The van der Waals surface area contributed by atoms with Gasteiger partial charge in [0.15, 0.2) is 0 Å². The number of carbonyl (C=O) groups excluding carboxylic acids is 1. The predicted octanol–water partition coefficient (Wildman–Crippen LogP) is 2.65. The number of rotatable bonds is 4. The van der Waals surface area contributed by atoms with Crippen LogP contribution in [0.2, 0.25) is 0 Å². The van der Waals surface area contributed by atoms with E-state index < -0.39 is 11.7 Å². The van der Waals surface area contributed by atoms with Crippen molar-refractivity contribution in [2.24, 2.45) is 0 Å². The molecule has 132 valence electrons. The van der Waals surface area contributed by atoms with E-state index >= 15 is 0 Å². The van der Waals surface area contributed by atoms with Gasteiger partial charge in [-0.05, 0) is 18.1 Å². The molecule has 1 aliphatic rings. The van der Waals surface area contributed by atoms with Crippen LogP contribution < -0.4 is 10.6 Å². The van der Waals surface area contributed by atoms with Gasteiger partial charge in [0.05, 0.1) is 24.6 Å². The molecule has 3 rings (SSSR count). The van der Waals surface area contributed by atoms with Crippen molar-refractivity contribution in [3.63, 3.8) is 0 Å². The number of morpholine rings is 1. The molecule has 2 aromatic rings. The fourth-order valence-electron chi connectivity index (χ4n) is 2.59. The molecule has 1 amide bonds. The van der Waals surface area contributed by atoms with Crippen molar-refractivity contribution in [1.29, 1.82) is 0 Å². The van der Waals surface area contributed by atoms with E-state index in [1.807, 2.05) is 13.8 Å². The molecule has 0 aliphatic carbocycles. The molecule has 2 N–H and O–H groups in total. The van der Waals surface area contributed by atoms with E-state index in [1.165, 1.54) is 12.3 Å². The number of halogens is 1. The van der Waals surface area contributed by atoms with Crippen molar-refractivity contribution in [3.8, 4) is 0 Å². The molecule has 7 heteroatoms. The zero-order chi connectivity index (χ0) is 17.8. The lowest BCUT2D eigenvalue weighted by molar-refractivity contribution is 0.0255. The smallest absolute Gasteiger partial charge is 0.275 e. The van der Waals surface area contributed by atoms with E-state index in [0.29, 0.717) is 24.4 Å². The fraction of sp³-hybridized carbons (Fsp3) is 0.389. The number of ether oxygens (including phenoxy) is 1. The Morgan fingerprint density at radius 2 is 2.24 bits per heavy atom. The SMILES string of the molecule is CC(C)c1cncc(C(=O)Nc2ccc(C3CNCCO3)c(F)c2)n1. The Hall–Kier alpha value is -2.38. The maximum absolute atomic E-state index is 14.4. The van der Waals surface area contributed by atoms with Gasteiger partial charge in [-0.2, -0.15) is 0 Å². The van der Waals surface area contributed by atoms with Gasteiger partial charge in [-0.1, -0.05) is 19.9 Å². The van der Waals surface area contributed by atoms with Crippen molar-refractivity contribution in [3.05, 3.63) is 53.4 Å². The Morgan fingerprint density at radius 3 is 2.92 bits per heavy atom. The number of nitrogens with zero attached hydrogens (tertiary/aromatic N) is 2. The van der Waals surface area contributed by atoms with Crippen molar-refractivity contribution >= 4 is 11.6 Å². The summed E-state index contributed by atoms with van der Waals surface area (Å²) < 4.78 is 19.9. The van der Waals surface area contributed by atoms with Crippen LogP contribution in [-0.2, 0) is 4.74 Å². The van der Waals surface area contributed by atoms with E-state index in [2.05, 4.69) is 20.6 Å². The number of hydrogen-bond donors (Lipinski definition) is 2. The van der Waals surface area contributed by atoms with E-state index in [9.17, 15) is 9.18 Å². The lowest BCUT2D eigenvalue weighted by Gasteiger charge is -2.24. The summed E-state index contributed by atoms with van der Waals surface area (Å²) in [6.07, 6.45) is 2.72. The van der Waals surface area contributed by atoms with Crippen LogP contribution in [0, 0.1) is 5.82 Å². The van der Waals surface area contributed by atoms with Crippen LogP contribution in [0.15, 0.2) is 30.6 Å². The van der Waals surface area contributed by atoms with Crippen LogP contribution in [-0.4, -0.2) is 35.6 Å². The first kappa shape index (κ1) is 17.4. The van der Waals surface area contributed by atoms with Gasteiger partial charge < -0.3 is 15.4 Å². The molecule has 0 radical (unpaired) electrons. The van der Waals surface area contributed by atoms with Crippen LogP contribution in [0.4, 0.5) is 10.1 Å². The van der Waals surface area contributed by atoms with Crippen LogP contribution >= 0.6 is 0 Å². The number of amides is 1. The molecule has 1 saturated heterocycles. The fourth-order valence-corrected chi connectivity index (χ4v) is 2.59. The first-order chi connectivity index (χ1) is 12.0. The Bertz CT molecular complexity index is 760. The number of hydrogen-bond acceptors (Lipinski definition) is 5. The topological polar surface area (TPSA) is 76.1 Å².